The van der Waals surface area contributed by atoms with E-state index in [-0.39, 0.29) is 11.8 Å². The molecule has 19 heavy (non-hydrogen) atoms. The Hall–Kier alpha value is -1.24. The third kappa shape index (κ3) is 3.02. The van der Waals surface area contributed by atoms with Crippen LogP contribution in [0.15, 0.2) is 5.16 Å². The van der Waals surface area contributed by atoms with Crippen LogP contribution in [-0.2, 0) is 4.79 Å². The normalized spacial score (nSPS) is 15.6. The lowest BCUT2D eigenvalue weighted by Gasteiger charge is -2.35. The highest BCUT2D eigenvalue weighted by molar-refractivity contribution is 7.99. The molecule has 0 aliphatic heterocycles. The zero-order chi connectivity index (χ0) is 14.0. The fraction of sp³-hybridized carbons (Fsp3) is 0.750. The van der Waals surface area contributed by atoms with Crippen molar-refractivity contribution in [2.45, 2.75) is 50.4 Å². The van der Waals surface area contributed by atoms with Crippen molar-refractivity contribution >= 4 is 23.7 Å². The minimum atomic E-state index is -0.836. The highest BCUT2D eigenvalue weighted by Crippen LogP contribution is 2.31. The van der Waals surface area contributed by atoms with Crippen LogP contribution in [0.1, 0.15) is 39.2 Å². The minimum Gasteiger partial charge on any atom is -0.481 e. The summed E-state index contributed by atoms with van der Waals surface area (Å²) in [5, 5.41) is 17.8. The Balaban J connectivity index is 2.20. The number of carboxylic acids is 1. The number of hydrogen-bond acceptors (Lipinski definition) is 5. The molecule has 6 nitrogen and oxygen atoms in total. The van der Waals surface area contributed by atoms with Crippen molar-refractivity contribution in [3.8, 4) is 0 Å². The van der Waals surface area contributed by atoms with Gasteiger partial charge in [-0.05, 0) is 33.1 Å². The molecule has 0 saturated heterocycles. The molecule has 1 N–H and O–H groups in total. The van der Waals surface area contributed by atoms with Crippen molar-refractivity contribution in [3.05, 3.63) is 0 Å². The van der Waals surface area contributed by atoms with Crippen LogP contribution in [0.2, 0.25) is 0 Å². The van der Waals surface area contributed by atoms with Crippen LogP contribution in [-0.4, -0.2) is 44.7 Å². The monoisotopic (exact) mass is 284 g/mol. The summed E-state index contributed by atoms with van der Waals surface area (Å²) in [6.07, 6.45) is 3.66. The zero-order valence-corrected chi connectivity index (χ0v) is 12.4. The summed E-state index contributed by atoms with van der Waals surface area (Å²) in [4.78, 5) is 12.8. The predicted molar refractivity (Wildman–Crippen MR) is 74.8 cm³/mol. The molecule has 0 bridgehead atoms. The molecule has 1 saturated carbocycles. The molecule has 1 aliphatic rings. The van der Waals surface area contributed by atoms with Gasteiger partial charge in [-0.25, -0.2) is 0 Å². The SMILES string of the molecule is CC(C)n1c(SCC(=O)O)nnc1N(C)C1CCC1. The van der Waals surface area contributed by atoms with E-state index < -0.39 is 5.97 Å². The average Bonchev–Trinajstić information content (AvgIpc) is 2.67. The number of aromatic nitrogens is 3. The molecule has 0 spiro atoms. The average molecular weight is 284 g/mol. The van der Waals surface area contributed by atoms with E-state index in [4.69, 9.17) is 5.11 Å². The molecule has 1 fully saturated rings. The molecular formula is C12H20N4O2S. The molecule has 0 amide bonds. The maximum atomic E-state index is 10.7. The molecular weight excluding hydrogens is 264 g/mol. The second kappa shape index (κ2) is 5.81. The molecule has 0 aromatic carbocycles. The second-order valence-corrected chi connectivity index (χ2v) is 6.07. The number of rotatable bonds is 6. The first kappa shape index (κ1) is 14.2. The Kier molecular flexibility index (Phi) is 4.34. The fourth-order valence-electron chi connectivity index (χ4n) is 2.12. The van der Waals surface area contributed by atoms with Gasteiger partial charge in [-0.3, -0.25) is 9.36 Å². The van der Waals surface area contributed by atoms with Gasteiger partial charge in [-0.15, -0.1) is 10.2 Å². The number of hydrogen-bond donors (Lipinski definition) is 1. The lowest BCUT2D eigenvalue weighted by molar-refractivity contribution is -0.133. The van der Waals surface area contributed by atoms with Gasteiger partial charge in [0.25, 0.3) is 0 Å². The molecule has 0 unspecified atom stereocenters. The minimum absolute atomic E-state index is 0.0119. The topological polar surface area (TPSA) is 71.2 Å². The number of carboxylic acid groups (broad SMARTS) is 1. The van der Waals surface area contributed by atoms with Crippen molar-refractivity contribution in [2.75, 3.05) is 17.7 Å². The highest BCUT2D eigenvalue weighted by Gasteiger charge is 2.27. The summed E-state index contributed by atoms with van der Waals surface area (Å²) < 4.78 is 2.02. The number of carbonyl (C=O) groups is 1. The molecule has 7 heteroatoms. The zero-order valence-electron chi connectivity index (χ0n) is 11.5. The summed E-state index contributed by atoms with van der Waals surface area (Å²) in [5.74, 6) is 0.0163. The van der Waals surface area contributed by atoms with E-state index >= 15 is 0 Å². The van der Waals surface area contributed by atoms with E-state index in [1.165, 1.54) is 31.0 Å². The van der Waals surface area contributed by atoms with Crippen LogP contribution < -0.4 is 4.90 Å². The molecule has 1 heterocycles. The van der Waals surface area contributed by atoms with Crippen molar-refractivity contribution < 1.29 is 9.90 Å². The van der Waals surface area contributed by atoms with Gasteiger partial charge in [-0.2, -0.15) is 0 Å². The van der Waals surface area contributed by atoms with Gasteiger partial charge in [0.15, 0.2) is 5.16 Å². The number of anilines is 1. The first-order valence-corrected chi connectivity index (χ1v) is 7.51. The van der Waals surface area contributed by atoms with E-state index in [9.17, 15) is 4.79 Å². The summed E-state index contributed by atoms with van der Waals surface area (Å²) in [6.45, 7) is 4.12. The van der Waals surface area contributed by atoms with Gasteiger partial charge in [-0.1, -0.05) is 11.8 Å². The molecule has 1 aromatic heterocycles. The predicted octanol–water partition coefficient (Wildman–Crippen LogP) is 2.02. The quantitative estimate of drug-likeness (QED) is 0.806. The third-order valence-electron chi connectivity index (χ3n) is 3.43. The first-order chi connectivity index (χ1) is 9.00. The Morgan fingerprint density at radius 2 is 2.21 bits per heavy atom. The van der Waals surface area contributed by atoms with E-state index in [0.717, 1.165) is 5.95 Å². The van der Waals surface area contributed by atoms with E-state index in [0.29, 0.717) is 11.2 Å². The van der Waals surface area contributed by atoms with Crippen LogP contribution >= 0.6 is 11.8 Å². The van der Waals surface area contributed by atoms with Gasteiger partial charge in [0.2, 0.25) is 5.95 Å². The van der Waals surface area contributed by atoms with Crippen molar-refractivity contribution in [3.63, 3.8) is 0 Å². The molecule has 0 radical (unpaired) electrons. The third-order valence-corrected chi connectivity index (χ3v) is 4.35. The summed E-state index contributed by atoms with van der Waals surface area (Å²) in [7, 11) is 2.04. The molecule has 2 rings (SSSR count). The lowest BCUT2D eigenvalue weighted by atomic mass is 9.92. The van der Waals surface area contributed by atoms with Gasteiger partial charge in [0.1, 0.15) is 0 Å². The Morgan fingerprint density at radius 1 is 1.53 bits per heavy atom. The van der Waals surface area contributed by atoms with E-state index in [1.54, 1.807) is 0 Å². The molecule has 1 aromatic rings. The fourth-order valence-corrected chi connectivity index (χ4v) is 2.91. The summed E-state index contributed by atoms with van der Waals surface area (Å²) in [5.41, 5.74) is 0. The van der Waals surface area contributed by atoms with Crippen LogP contribution in [0.3, 0.4) is 0 Å². The number of aliphatic carboxylic acids is 1. The second-order valence-electron chi connectivity index (χ2n) is 5.12. The summed E-state index contributed by atoms with van der Waals surface area (Å²) >= 11 is 1.22. The highest BCUT2D eigenvalue weighted by atomic mass is 32.2. The maximum Gasteiger partial charge on any atom is 0.313 e. The molecule has 106 valence electrons. The van der Waals surface area contributed by atoms with E-state index in [2.05, 4.69) is 28.9 Å². The largest absolute Gasteiger partial charge is 0.481 e. The molecule has 0 atom stereocenters. The van der Waals surface area contributed by atoms with Gasteiger partial charge < -0.3 is 10.0 Å². The number of thioether (sulfide) groups is 1. The number of nitrogens with zero attached hydrogens (tertiary/aromatic N) is 4. The lowest BCUT2D eigenvalue weighted by Crippen LogP contribution is -2.39. The van der Waals surface area contributed by atoms with Crippen molar-refractivity contribution in [1.29, 1.82) is 0 Å². The smallest absolute Gasteiger partial charge is 0.313 e. The van der Waals surface area contributed by atoms with Crippen LogP contribution in [0.4, 0.5) is 5.95 Å². The van der Waals surface area contributed by atoms with Gasteiger partial charge >= 0.3 is 5.97 Å². The van der Waals surface area contributed by atoms with Gasteiger partial charge in [0.05, 0.1) is 5.75 Å². The standard InChI is InChI=1S/C12H20N4O2S/c1-8(2)16-11(15(3)9-5-4-6-9)13-14-12(16)19-7-10(17)18/h8-9H,4-7H2,1-3H3,(H,17,18). The van der Waals surface area contributed by atoms with Crippen molar-refractivity contribution in [2.24, 2.45) is 0 Å². The van der Waals surface area contributed by atoms with Gasteiger partial charge in [0, 0.05) is 19.1 Å². The maximum absolute atomic E-state index is 10.7. The van der Waals surface area contributed by atoms with Crippen LogP contribution in [0.25, 0.3) is 0 Å². The Labute approximate surface area is 117 Å². The Bertz CT molecular complexity index is 457. The van der Waals surface area contributed by atoms with Crippen LogP contribution in [0.5, 0.6) is 0 Å². The van der Waals surface area contributed by atoms with E-state index in [1.807, 2.05) is 11.6 Å². The van der Waals surface area contributed by atoms with Crippen molar-refractivity contribution in [1.82, 2.24) is 14.8 Å². The Morgan fingerprint density at radius 3 is 2.68 bits per heavy atom. The first-order valence-electron chi connectivity index (χ1n) is 6.53. The summed E-state index contributed by atoms with van der Waals surface area (Å²) in [6, 6.07) is 0.753. The van der Waals surface area contributed by atoms with Crippen LogP contribution in [0, 0.1) is 0 Å². The molecule has 1 aliphatic carbocycles.